The maximum atomic E-state index is 12.5. The number of hydrogen-bond donors (Lipinski definition) is 2. The first-order valence-corrected chi connectivity index (χ1v) is 8.34. The van der Waals surface area contributed by atoms with Gasteiger partial charge in [0.2, 0.25) is 5.91 Å². The molecular weight excluding hydrogens is 358 g/mol. The molecule has 8 heteroatoms. The molecule has 2 aromatic rings. The van der Waals surface area contributed by atoms with Crippen molar-refractivity contribution < 1.29 is 14.5 Å². The van der Waals surface area contributed by atoms with Gasteiger partial charge in [-0.3, -0.25) is 20.2 Å². The predicted octanol–water partition coefficient (Wildman–Crippen LogP) is 3.93. The van der Waals surface area contributed by atoms with Crippen LogP contribution in [0, 0.1) is 10.1 Å². The zero-order chi connectivity index (χ0) is 19.3. The molecular formula is C18H20ClN3O4. The lowest BCUT2D eigenvalue weighted by molar-refractivity contribution is -0.384. The summed E-state index contributed by atoms with van der Waals surface area (Å²) in [5, 5.41) is 17.4. The predicted molar refractivity (Wildman–Crippen MR) is 101 cm³/mol. The van der Waals surface area contributed by atoms with Gasteiger partial charge in [-0.2, -0.15) is 0 Å². The maximum absolute atomic E-state index is 12.5. The number of nitrogens with one attached hydrogen (secondary N) is 2. The average molecular weight is 378 g/mol. The molecule has 0 spiro atoms. The van der Waals surface area contributed by atoms with Gasteiger partial charge in [-0.1, -0.05) is 23.7 Å². The lowest BCUT2D eigenvalue weighted by Crippen LogP contribution is -2.39. The second-order valence-electron chi connectivity index (χ2n) is 5.80. The molecule has 0 aliphatic heterocycles. The van der Waals surface area contributed by atoms with Gasteiger partial charge in [-0.15, -0.1) is 0 Å². The van der Waals surface area contributed by atoms with Gasteiger partial charge in [0, 0.05) is 23.2 Å². The molecule has 2 aromatic carbocycles. The van der Waals surface area contributed by atoms with Crippen LogP contribution in [0.5, 0.6) is 5.75 Å². The van der Waals surface area contributed by atoms with Crippen molar-refractivity contribution in [2.75, 3.05) is 12.4 Å². The molecule has 0 aliphatic carbocycles. The number of carbonyl (C=O) groups excluding carboxylic acids is 1. The molecule has 0 aromatic heterocycles. The Balaban J connectivity index is 2.09. The standard InChI is InChI=1S/C18H20ClN3O4/c1-11(13-5-4-6-14(19)9-13)20-12(2)18(23)21-16-10-15(22(24)25)7-8-17(16)26-3/h4-12,20H,1-3H3,(H,21,23). The number of hydrogen-bond acceptors (Lipinski definition) is 5. The number of amides is 1. The number of nitro benzene ring substituents is 1. The Morgan fingerprint density at radius 3 is 2.58 bits per heavy atom. The Labute approximate surface area is 156 Å². The molecule has 2 atom stereocenters. The number of non-ortho nitro benzene ring substituents is 1. The van der Waals surface area contributed by atoms with Crippen molar-refractivity contribution in [3.8, 4) is 5.75 Å². The van der Waals surface area contributed by atoms with Crippen molar-refractivity contribution in [1.82, 2.24) is 5.32 Å². The number of rotatable bonds is 7. The smallest absolute Gasteiger partial charge is 0.271 e. The lowest BCUT2D eigenvalue weighted by atomic mass is 10.1. The van der Waals surface area contributed by atoms with Crippen LogP contribution < -0.4 is 15.4 Å². The molecule has 2 unspecified atom stereocenters. The average Bonchev–Trinajstić information content (AvgIpc) is 2.61. The van der Waals surface area contributed by atoms with Crippen molar-refractivity contribution in [2.45, 2.75) is 25.9 Å². The van der Waals surface area contributed by atoms with E-state index in [1.807, 2.05) is 25.1 Å². The first-order valence-electron chi connectivity index (χ1n) is 7.96. The summed E-state index contributed by atoms with van der Waals surface area (Å²) in [6.07, 6.45) is 0. The first-order chi connectivity index (χ1) is 12.3. The zero-order valence-corrected chi connectivity index (χ0v) is 15.4. The van der Waals surface area contributed by atoms with E-state index in [9.17, 15) is 14.9 Å². The minimum atomic E-state index is -0.548. The summed E-state index contributed by atoms with van der Waals surface area (Å²) >= 11 is 5.99. The monoisotopic (exact) mass is 377 g/mol. The minimum Gasteiger partial charge on any atom is -0.495 e. The van der Waals surface area contributed by atoms with Gasteiger partial charge in [-0.05, 0) is 37.6 Å². The number of ether oxygens (including phenoxy) is 1. The molecule has 138 valence electrons. The molecule has 0 bridgehead atoms. The number of carbonyl (C=O) groups is 1. The zero-order valence-electron chi connectivity index (χ0n) is 14.7. The van der Waals surface area contributed by atoms with E-state index in [0.717, 1.165) is 5.56 Å². The number of anilines is 1. The number of nitro groups is 1. The van der Waals surface area contributed by atoms with Gasteiger partial charge in [0.25, 0.3) is 5.69 Å². The van der Waals surface area contributed by atoms with E-state index >= 15 is 0 Å². The quantitative estimate of drug-likeness (QED) is 0.563. The Morgan fingerprint density at radius 1 is 1.23 bits per heavy atom. The van der Waals surface area contributed by atoms with Gasteiger partial charge in [-0.25, -0.2) is 0 Å². The van der Waals surface area contributed by atoms with Gasteiger partial charge in [0.05, 0.1) is 23.8 Å². The Morgan fingerprint density at radius 2 is 1.96 bits per heavy atom. The third-order valence-corrected chi connectivity index (χ3v) is 4.13. The molecule has 0 fully saturated rings. The highest BCUT2D eigenvalue weighted by Crippen LogP contribution is 2.29. The summed E-state index contributed by atoms with van der Waals surface area (Å²) in [7, 11) is 1.43. The fourth-order valence-corrected chi connectivity index (χ4v) is 2.67. The largest absolute Gasteiger partial charge is 0.495 e. The van der Waals surface area contributed by atoms with Crippen molar-refractivity contribution in [3.05, 3.63) is 63.2 Å². The van der Waals surface area contributed by atoms with Crippen molar-refractivity contribution in [1.29, 1.82) is 0 Å². The van der Waals surface area contributed by atoms with Crippen LogP contribution in [0.15, 0.2) is 42.5 Å². The van der Waals surface area contributed by atoms with Crippen LogP contribution in [0.1, 0.15) is 25.5 Å². The second-order valence-corrected chi connectivity index (χ2v) is 6.23. The topological polar surface area (TPSA) is 93.5 Å². The number of benzene rings is 2. The molecule has 0 aliphatic rings. The van der Waals surface area contributed by atoms with E-state index in [0.29, 0.717) is 10.8 Å². The van der Waals surface area contributed by atoms with Crippen LogP contribution in [0.4, 0.5) is 11.4 Å². The van der Waals surface area contributed by atoms with E-state index in [2.05, 4.69) is 10.6 Å². The lowest BCUT2D eigenvalue weighted by Gasteiger charge is -2.20. The maximum Gasteiger partial charge on any atom is 0.271 e. The van der Waals surface area contributed by atoms with E-state index in [1.54, 1.807) is 13.0 Å². The summed E-state index contributed by atoms with van der Waals surface area (Å²) in [6.45, 7) is 3.63. The molecule has 1 amide bonds. The van der Waals surface area contributed by atoms with Gasteiger partial charge in [0.1, 0.15) is 5.75 Å². The molecule has 0 saturated heterocycles. The SMILES string of the molecule is COc1ccc([N+](=O)[O-])cc1NC(=O)C(C)NC(C)c1cccc(Cl)c1. The van der Waals surface area contributed by atoms with Crippen LogP contribution in [0.25, 0.3) is 0 Å². The van der Waals surface area contributed by atoms with E-state index in [4.69, 9.17) is 16.3 Å². The first kappa shape index (κ1) is 19.7. The molecule has 0 heterocycles. The van der Waals surface area contributed by atoms with Crippen molar-refractivity contribution >= 4 is 28.9 Å². The molecule has 7 nitrogen and oxygen atoms in total. The second kappa shape index (κ2) is 8.64. The van der Waals surface area contributed by atoms with Crippen LogP contribution in [-0.2, 0) is 4.79 Å². The molecule has 0 radical (unpaired) electrons. The summed E-state index contributed by atoms with van der Waals surface area (Å²) < 4.78 is 5.15. The van der Waals surface area contributed by atoms with Crippen molar-refractivity contribution in [2.24, 2.45) is 0 Å². The Bertz CT molecular complexity index is 813. The fraction of sp³-hybridized carbons (Fsp3) is 0.278. The molecule has 2 rings (SSSR count). The highest BCUT2D eigenvalue weighted by molar-refractivity contribution is 6.30. The normalized spacial score (nSPS) is 12.9. The third kappa shape index (κ3) is 4.93. The Hall–Kier alpha value is -2.64. The summed E-state index contributed by atoms with van der Waals surface area (Å²) in [6, 6.07) is 10.7. The van der Waals surface area contributed by atoms with Gasteiger partial charge < -0.3 is 10.1 Å². The number of nitrogens with zero attached hydrogens (tertiary/aromatic N) is 1. The highest BCUT2D eigenvalue weighted by atomic mass is 35.5. The van der Waals surface area contributed by atoms with Gasteiger partial charge >= 0.3 is 0 Å². The fourth-order valence-electron chi connectivity index (χ4n) is 2.47. The minimum absolute atomic E-state index is 0.110. The van der Waals surface area contributed by atoms with Crippen LogP contribution in [-0.4, -0.2) is 24.0 Å². The van der Waals surface area contributed by atoms with E-state index in [-0.39, 0.29) is 23.3 Å². The Kier molecular flexibility index (Phi) is 6.54. The summed E-state index contributed by atoms with van der Waals surface area (Å²) in [5.74, 6) is 0.0108. The number of methoxy groups -OCH3 is 1. The van der Waals surface area contributed by atoms with E-state index in [1.165, 1.54) is 25.3 Å². The van der Waals surface area contributed by atoms with Crippen LogP contribution in [0.3, 0.4) is 0 Å². The van der Waals surface area contributed by atoms with E-state index < -0.39 is 11.0 Å². The summed E-state index contributed by atoms with van der Waals surface area (Å²) in [4.78, 5) is 22.9. The highest BCUT2D eigenvalue weighted by Gasteiger charge is 2.19. The van der Waals surface area contributed by atoms with Crippen molar-refractivity contribution in [3.63, 3.8) is 0 Å². The molecule has 2 N–H and O–H groups in total. The molecule has 26 heavy (non-hydrogen) atoms. The molecule has 0 saturated carbocycles. The van der Waals surface area contributed by atoms with Crippen LogP contribution >= 0.6 is 11.6 Å². The summed E-state index contributed by atoms with van der Waals surface area (Å²) in [5.41, 5.74) is 1.06. The number of halogens is 1. The van der Waals surface area contributed by atoms with Crippen LogP contribution in [0.2, 0.25) is 5.02 Å². The third-order valence-electron chi connectivity index (χ3n) is 3.89. The van der Waals surface area contributed by atoms with Gasteiger partial charge in [0.15, 0.2) is 0 Å².